The lowest BCUT2D eigenvalue weighted by atomic mass is 10.2. The minimum absolute atomic E-state index is 0.170. The Morgan fingerprint density at radius 3 is 2.24 bits per heavy atom. The molecule has 7 nitrogen and oxygen atoms in total. The van der Waals surface area contributed by atoms with Gasteiger partial charge >= 0.3 is 5.69 Å². The molecule has 1 amide bonds. The Bertz CT molecular complexity index is 1390. The van der Waals surface area contributed by atoms with Gasteiger partial charge in [0.15, 0.2) is 0 Å². The molecule has 0 spiro atoms. The lowest BCUT2D eigenvalue weighted by Crippen LogP contribution is -2.42. The highest BCUT2D eigenvalue weighted by molar-refractivity contribution is 5.82. The van der Waals surface area contributed by atoms with Crippen molar-refractivity contribution in [3.63, 3.8) is 0 Å². The van der Waals surface area contributed by atoms with Crippen molar-refractivity contribution in [3.05, 3.63) is 105 Å². The number of hydrogen-bond donors (Lipinski definition) is 0. The predicted molar refractivity (Wildman–Crippen MR) is 128 cm³/mol. The number of para-hydroxylation sites is 1. The monoisotopic (exact) mass is 443 g/mol. The van der Waals surface area contributed by atoms with E-state index < -0.39 is 11.2 Å². The van der Waals surface area contributed by atoms with E-state index in [1.165, 1.54) is 4.57 Å². The lowest BCUT2D eigenvalue weighted by molar-refractivity contribution is -0.132. The van der Waals surface area contributed by atoms with Gasteiger partial charge in [-0.2, -0.15) is 0 Å². The number of hydrogen-bond acceptors (Lipinski definition) is 4. The fourth-order valence-corrected chi connectivity index (χ4v) is 3.85. The molecule has 0 aliphatic heterocycles. The second kappa shape index (κ2) is 9.56. The minimum atomic E-state index is -0.562. The molecule has 0 radical (unpaired) electrons. The Kier molecular flexibility index (Phi) is 6.40. The Hall–Kier alpha value is -4.13. The first-order valence-electron chi connectivity index (χ1n) is 10.7. The first-order chi connectivity index (χ1) is 16.0. The molecule has 0 aliphatic carbocycles. The van der Waals surface area contributed by atoms with E-state index in [2.05, 4.69) is 0 Å². The van der Waals surface area contributed by atoms with Crippen molar-refractivity contribution < 1.29 is 9.53 Å². The highest BCUT2D eigenvalue weighted by Gasteiger charge is 2.19. The van der Waals surface area contributed by atoms with Crippen molar-refractivity contribution >= 4 is 16.8 Å². The van der Waals surface area contributed by atoms with Crippen molar-refractivity contribution in [1.29, 1.82) is 0 Å². The quantitative estimate of drug-likeness (QED) is 0.440. The Morgan fingerprint density at radius 2 is 1.58 bits per heavy atom. The number of benzene rings is 3. The lowest BCUT2D eigenvalue weighted by Gasteiger charge is -2.22. The van der Waals surface area contributed by atoms with E-state index >= 15 is 0 Å². The Balaban J connectivity index is 1.79. The summed E-state index contributed by atoms with van der Waals surface area (Å²) in [7, 11) is 1.55. The van der Waals surface area contributed by atoms with Crippen LogP contribution in [-0.2, 0) is 17.9 Å². The van der Waals surface area contributed by atoms with E-state index in [1.54, 1.807) is 60.5 Å². The van der Waals surface area contributed by atoms with Crippen LogP contribution in [-0.4, -0.2) is 33.6 Å². The van der Waals surface area contributed by atoms with Crippen molar-refractivity contribution in [2.45, 2.75) is 20.0 Å². The molecule has 168 valence electrons. The van der Waals surface area contributed by atoms with Crippen molar-refractivity contribution in [1.82, 2.24) is 14.0 Å². The van der Waals surface area contributed by atoms with Gasteiger partial charge in [-0.25, -0.2) is 9.36 Å². The number of aromatic nitrogens is 2. The van der Waals surface area contributed by atoms with E-state index in [0.29, 0.717) is 35.4 Å². The number of methoxy groups -OCH3 is 1. The Labute approximate surface area is 191 Å². The summed E-state index contributed by atoms with van der Waals surface area (Å²) in [6.07, 6.45) is 0. The first-order valence-corrected chi connectivity index (χ1v) is 10.7. The van der Waals surface area contributed by atoms with Gasteiger partial charge in [0.05, 0.1) is 23.7 Å². The fourth-order valence-electron chi connectivity index (χ4n) is 3.85. The molecule has 0 saturated carbocycles. The average Bonchev–Trinajstić information content (AvgIpc) is 2.86. The van der Waals surface area contributed by atoms with Crippen LogP contribution in [0.1, 0.15) is 12.5 Å². The summed E-state index contributed by atoms with van der Waals surface area (Å²) >= 11 is 0. The average molecular weight is 444 g/mol. The summed E-state index contributed by atoms with van der Waals surface area (Å²) < 4.78 is 7.65. The van der Waals surface area contributed by atoms with E-state index in [0.717, 1.165) is 10.1 Å². The number of nitrogens with zero attached hydrogens (tertiary/aromatic N) is 3. The summed E-state index contributed by atoms with van der Waals surface area (Å²) in [4.78, 5) is 41.6. The second-order valence-electron chi connectivity index (χ2n) is 7.62. The number of carbonyl (C=O) groups excluding carboxylic acids is 1. The van der Waals surface area contributed by atoms with Crippen LogP contribution < -0.4 is 16.0 Å². The number of fused-ring (bicyclic) bond motifs is 1. The molecule has 4 aromatic rings. The fraction of sp³-hybridized carbons (Fsp3) is 0.192. The second-order valence-corrected chi connectivity index (χ2v) is 7.62. The standard InChI is InChI=1S/C26H25N3O4/c1-3-27(17-19-9-5-4-6-10-19)24(30)18-28-23-12-8-7-11-22(23)25(31)29(26(28)32)20-13-15-21(33-2)16-14-20/h4-16H,3,17-18H2,1-2H3. The molecule has 1 aromatic heterocycles. The van der Waals surface area contributed by atoms with Crippen LogP contribution in [0.2, 0.25) is 0 Å². The summed E-state index contributed by atoms with van der Waals surface area (Å²) in [6.45, 7) is 2.68. The van der Waals surface area contributed by atoms with Gasteiger partial charge in [-0.05, 0) is 48.9 Å². The van der Waals surface area contributed by atoms with Gasteiger partial charge in [-0.15, -0.1) is 0 Å². The van der Waals surface area contributed by atoms with Gasteiger partial charge in [-0.3, -0.25) is 14.2 Å². The predicted octanol–water partition coefficient (Wildman–Crippen LogP) is 3.21. The maximum Gasteiger partial charge on any atom is 0.336 e. The van der Waals surface area contributed by atoms with Gasteiger partial charge in [0.25, 0.3) is 5.56 Å². The van der Waals surface area contributed by atoms with Crippen LogP contribution in [0.3, 0.4) is 0 Å². The molecular formula is C26H25N3O4. The summed E-state index contributed by atoms with van der Waals surface area (Å²) in [5, 5.41) is 0.367. The largest absolute Gasteiger partial charge is 0.497 e. The molecule has 0 bridgehead atoms. The highest BCUT2D eigenvalue weighted by atomic mass is 16.5. The molecule has 0 unspecified atom stereocenters. The van der Waals surface area contributed by atoms with E-state index in [1.807, 2.05) is 37.3 Å². The van der Waals surface area contributed by atoms with Gasteiger partial charge in [0.1, 0.15) is 12.3 Å². The third-order valence-corrected chi connectivity index (χ3v) is 5.63. The van der Waals surface area contributed by atoms with Crippen LogP contribution in [0.4, 0.5) is 0 Å². The normalized spacial score (nSPS) is 10.8. The van der Waals surface area contributed by atoms with Crippen molar-refractivity contribution in [3.8, 4) is 11.4 Å². The molecule has 0 saturated heterocycles. The number of rotatable bonds is 7. The number of likely N-dealkylation sites (N-methyl/N-ethyl adjacent to an activating group) is 1. The topological polar surface area (TPSA) is 73.5 Å². The van der Waals surface area contributed by atoms with Crippen molar-refractivity contribution in [2.24, 2.45) is 0 Å². The molecule has 0 atom stereocenters. The van der Waals surface area contributed by atoms with Gasteiger partial charge in [0.2, 0.25) is 5.91 Å². The zero-order valence-electron chi connectivity index (χ0n) is 18.6. The molecule has 3 aromatic carbocycles. The summed E-state index contributed by atoms with van der Waals surface area (Å²) in [6, 6.07) is 23.2. The van der Waals surface area contributed by atoms with Gasteiger partial charge < -0.3 is 9.64 Å². The zero-order valence-corrected chi connectivity index (χ0v) is 18.6. The molecular weight excluding hydrogens is 418 g/mol. The highest BCUT2D eigenvalue weighted by Crippen LogP contribution is 2.15. The molecule has 0 N–H and O–H groups in total. The zero-order chi connectivity index (χ0) is 23.4. The number of ether oxygens (including phenoxy) is 1. The maximum atomic E-state index is 13.5. The third-order valence-electron chi connectivity index (χ3n) is 5.63. The van der Waals surface area contributed by atoms with E-state index in [4.69, 9.17) is 4.74 Å². The van der Waals surface area contributed by atoms with Crippen molar-refractivity contribution in [2.75, 3.05) is 13.7 Å². The minimum Gasteiger partial charge on any atom is -0.497 e. The summed E-state index contributed by atoms with van der Waals surface area (Å²) in [5.74, 6) is 0.413. The van der Waals surface area contributed by atoms with E-state index in [9.17, 15) is 14.4 Å². The van der Waals surface area contributed by atoms with E-state index in [-0.39, 0.29) is 12.5 Å². The third kappa shape index (κ3) is 4.43. The first kappa shape index (κ1) is 22.1. The Morgan fingerprint density at radius 1 is 0.909 bits per heavy atom. The molecule has 4 rings (SSSR count). The number of carbonyl (C=O) groups is 1. The van der Waals surface area contributed by atoms with Gasteiger partial charge in [-0.1, -0.05) is 42.5 Å². The van der Waals surface area contributed by atoms with Crippen LogP contribution in [0.25, 0.3) is 16.6 Å². The maximum absolute atomic E-state index is 13.5. The van der Waals surface area contributed by atoms with Crippen LogP contribution in [0.5, 0.6) is 5.75 Å². The van der Waals surface area contributed by atoms with Crippen LogP contribution >= 0.6 is 0 Å². The molecule has 0 aliphatic rings. The number of amides is 1. The smallest absolute Gasteiger partial charge is 0.336 e. The molecule has 33 heavy (non-hydrogen) atoms. The molecule has 1 heterocycles. The van der Waals surface area contributed by atoms with Gasteiger partial charge in [0, 0.05) is 13.1 Å². The molecule has 7 heteroatoms. The molecule has 0 fully saturated rings. The summed E-state index contributed by atoms with van der Waals surface area (Å²) in [5.41, 5.74) is 0.859. The SMILES string of the molecule is CCN(Cc1ccccc1)C(=O)Cn1c(=O)n(-c2ccc(OC)cc2)c(=O)c2ccccc21. The van der Waals surface area contributed by atoms with Crippen LogP contribution in [0.15, 0.2) is 88.5 Å². The van der Waals surface area contributed by atoms with Crippen LogP contribution in [0, 0.1) is 0 Å².